The largest absolute Gasteiger partial charge is 0.493 e. The Bertz CT molecular complexity index is 701. The highest BCUT2D eigenvalue weighted by atomic mass is 79.9. The molecule has 2 aromatic carbocycles. The van der Waals surface area contributed by atoms with E-state index in [0.717, 1.165) is 26.7 Å². The van der Waals surface area contributed by atoms with Gasteiger partial charge in [-0.3, -0.25) is 4.79 Å². The van der Waals surface area contributed by atoms with Crippen molar-refractivity contribution in [2.45, 2.75) is 13.0 Å². The molecule has 3 rings (SSSR count). The molecule has 0 saturated heterocycles. The van der Waals surface area contributed by atoms with E-state index in [2.05, 4.69) is 43.2 Å². The van der Waals surface area contributed by atoms with Gasteiger partial charge in [-0.2, -0.15) is 0 Å². The van der Waals surface area contributed by atoms with Gasteiger partial charge in [0.25, 0.3) is 5.91 Å². The van der Waals surface area contributed by atoms with Crippen molar-refractivity contribution in [3.63, 3.8) is 0 Å². The first kappa shape index (κ1) is 14.6. The predicted molar refractivity (Wildman–Crippen MR) is 88.7 cm³/mol. The van der Waals surface area contributed by atoms with Crippen LogP contribution in [0.15, 0.2) is 45.3 Å². The highest BCUT2D eigenvalue weighted by Crippen LogP contribution is 2.32. The van der Waals surface area contributed by atoms with Gasteiger partial charge in [-0.1, -0.05) is 37.9 Å². The van der Waals surface area contributed by atoms with Crippen molar-refractivity contribution in [2.24, 2.45) is 0 Å². The molecule has 2 aromatic rings. The van der Waals surface area contributed by atoms with Crippen molar-refractivity contribution in [2.75, 3.05) is 6.61 Å². The zero-order chi connectivity index (χ0) is 14.8. The van der Waals surface area contributed by atoms with Gasteiger partial charge < -0.3 is 10.1 Å². The van der Waals surface area contributed by atoms with Crippen LogP contribution in [-0.2, 0) is 13.0 Å². The molecule has 0 aromatic heterocycles. The molecular formula is C16H13Br2NO2. The number of fused-ring (bicyclic) bond motifs is 1. The molecular weight excluding hydrogens is 398 g/mol. The van der Waals surface area contributed by atoms with Crippen molar-refractivity contribution in [1.82, 2.24) is 5.32 Å². The Kier molecular flexibility index (Phi) is 4.31. The molecule has 1 amide bonds. The van der Waals surface area contributed by atoms with E-state index in [4.69, 9.17) is 4.74 Å². The summed E-state index contributed by atoms with van der Waals surface area (Å²) in [5.41, 5.74) is 2.83. The number of carbonyl (C=O) groups excluding carboxylic acids is 1. The summed E-state index contributed by atoms with van der Waals surface area (Å²) in [6.07, 6.45) is 0.918. The van der Waals surface area contributed by atoms with E-state index in [0.29, 0.717) is 18.7 Å². The molecule has 108 valence electrons. The molecule has 3 nitrogen and oxygen atoms in total. The zero-order valence-corrected chi connectivity index (χ0v) is 14.3. The number of benzene rings is 2. The zero-order valence-electron chi connectivity index (χ0n) is 11.2. The SMILES string of the molecule is O=C(NCc1cc(Br)cc2c1OCC2)c1cccc(Br)c1. The minimum Gasteiger partial charge on any atom is -0.493 e. The number of hydrogen-bond donors (Lipinski definition) is 1. The normalized spacial score (nSPS) is 12.7. The Balaban J connectivity index is 1.75. The van der Waals surface area contributed by atoms with E-state index in [-0.39, 0.29) is 5.91 Å². The van der Waals surface area contributed by atoms with Crippen LogP contribution >= 0.6 is 31.9 Å². The number of hydrogen-bond acceptors (Lipinski definition) is 2. The fourth-order valence-electron chi connectivity index (χ4n) is 2.38. The van der Waals surface area contributed by atoms with Gasteiger partial charge in [0.2, 0.25) is 0 Å². The third-order valence-corrected chi connectivity index (χ3v) is 4.30. The number of amides is 1. The van der Waals surface area contributed by atoms with Crippen molar-refractivity contribution < 1.29 is 9.53 Å². The first-order valence-corrected chi connectivity index (χ1v) is 8.20. The summed E-state index contributed by atoms with van der Waals surface area (Å²) in [6, 6.07) is 11.4. The average molecular weight is 411 g/mol. The van der Waals surface area contributed by atoms with Crippen molar-refractivity contribution in [3.05, 3.63) is 62.0 Å². The van der Waals surface area contributed by atoms with Gasteiger partial charge >= 0.3 is 0 Å². The van der Waals surface area contributed by atoms with Crippen LogP contribution < -0.4 is 10.1 Å². The molecule has 0 unspecified atom stereocenters. The molecule has 0 bridgehead atoms. The molecule has 0 saturated carbocycles. The summed E-state index contributed by atoms with van der Waals surface area (Å²) in [5, 5.41) is 2.94. The number of carbonyl (C=O) groups is 1. The first-order valence-electron chi connectivity index (χ1n) is 6.61. The van der Waals surface area contributed by atoms with Crippen LogP contribution in [0.5, 0.6) is 5.75 Å². The Morgan fingerprint density at radius 1 is 1.19 bits per heavy atom. The van der Waals surface area contributed by atoms with Gasteiger partial charge in [0.15, 0.2) is 0 Å². The number of rotatable bonds is 3. The van der Waals surface area contributed by atoms with Gasteiger partial charge in [0.05, 0.1) is 6.61 Å². The maximum Gasteiger partial charge on any atom is 0.251 e. The van der Waals surface area contributed by atoms with Crippen molar-refractivity contribution in [1.29, 1.82) is 0 Å². The summed E-state index contributed by atoms with van der Waals surface area (Å²) >= 11 is 6.87. The lowest BCUT2D eigenvalue weighted by Crippen LogP contribution is -2.23. The van der Waals surface area contributed by atoms with Crippen molar-refractivity contribution >= 4 is 37.8 Å². The lowest BCUT2D eigenvalue weighted by atomic mass is 10.1. The molecule has 1 aliphatic rings. The van der Waals surface area contributed by atoms with Crippen LogP contribution in [0.4, 0.5) is 0 Å². The first-order chi connectivity index (χ1) is 10.1. The average Bonchev–Trinajstić information content (AvgIpc) is 2.92. The second-order valence-corrected chi connectivity index (χ2v) is 6.68. The minimum absolute atomic E-state index is 0.0944. The van der Waals surface area contributed by atoms with Crippen LogP contribution in [0, 0.1) is 0 Å². The summed E-state index contributed by atoms with van der Waals surface area (Å²) in [7, 11) is 0. The Morgan fingerprint density at radius 3 is 2.86 bits per heavy atom. The molecule has 0 atom stereocenters. The maximum atomic E-state index is 12.2. The Hall–Kier alpha value is -1.33. The number of ether oxygens (including phenoxy) is 1. The summed E-state index contributed by atoms with van der Waals surface area (Å²) in [4.78, 5) is 12.2. The van der Waals surface area contributed by atoms with E-state index < -0.39 is 0 Å². The topological polar surface area (TPSA) is 38.3 Å². The van der Waals surface area contributed by atoms with E-state index >= 15 is 0 Å². The van der Waals surface area contributed by atoms with Gasteiger partial charge in [0, 0.05) is 33.0 Å². The molecule has 1 N–H and O–H groups in total. The van der Waals surface area contributed by atoms with Crippen LogP contribution in [0.25, 0.3) is 0 Å². The lowest BCUT2D eigenvalue weighted by molar-refractivity contribution is 0.0950. The van der Waals surface area contributed by atoms with Gasteiger partial charge in [-0.15, -0.1) is 0 Å². The third kappa shape index (κ3) is 3.30. The number of nitrogens with one attached hydrogen (secondary N) is 1. The van der Waals surface area contributed by atoms with E-state index in [1.165, 1.54) is 5.56 Å². The van der Waals surface area contributed by atoms with E-state index in [9.17, 15) is 4.79 Å². The molecule has 0 fully saturated rings. The quantitative estimate of drug-likeness (QED) is 0.827. The third-order valence-electron chi connectivity index (χ3n) is 3.35. The maximum absolute atomic E-state index is 12.2. The lowest BCUT2D eigenvalue weighted by Gasteiger charge is -2.10. The molecule has 0 radical (unpaired) electrons. The fraction of sp³-hybridized carbons (Fsp3) is 0.188. The van der Waals surface area contributed by atoms with Gasteiger partial charge in [-0.05, 0) is 35.9 Å². The monoisotopic (exact) mass is 409 g/mol. The predicted octanol–water partition coefficient (Wildman–Crippen LogP) is 4.08. The minimum atomic E-state index is -0.0944. The Labute approximate surface area is 140 Å². The second kappa shape index (κ2) is 6.20. The summed E-state index contributed by atoms with van der Waals surface area (Å²) in [5.74, 6) is 0.816. The van der Waals surface area contributed by atoms with E-state index in [1.54, 1.807) is 12.1 Å². The van der Waals surface area contributed by atoms with Crippen LogP contribution in [-0.4, -0.2) is 12.5 Å². The van der Waals surface area contributed by atoms with Gasteiger partial charge in [-0.25, -0.2) is 0 Å². The highest BCUT2D eigenvalue weighted by molar-refractivity contribution is 9.10. The summed E-state index contributed by atoms with van der Waals surface area (Å²) < 4.78 is 7.57. The number of halogens is 2. The molecule has 1 aliphatic heterocycles. The molecule has 1 heterocycles. The van der Waals surface area contributed by atoms with Gasteiger partial charge in [0.1, 0.15) is 5.75 Å². The molecule has 0 aliphatic carbocycles. The Morgan fingerprint density at radius 2 is 2.05 bits per heavy atom. The molecule has 21 heavy (non-hydrogen) atoms. The second-order valence-electron chi connectivity index (χ2n) is 4.84. The van der Waals surface area contributed by atoms with Crippen LogP contribution in [0.3, 0.4) is 0 Å². The van der Waals surface area contributed by atoms with Crippen LogP contribution in [0.2, 0.25) is 0 Å². The van der Waals surface area contributed by atoms with E-state index in [1.807, 2.05) is 18.2 Å². The van der Waals surface area contributed by atoms with Crippen LogP contribution in [0.1, 0.15) is 21.5 Å². The molecule has 0 spiro atoms. The molecule has 5 heteroatoms. The summed E-state index contributed by atoms with van der Waals surface area (Å²) in [6.45, 7) is 1.16. The fourth-order valence-corrected chi connectivity index (χ4v) is 3.34. The smallest absolute Gasteiger partial charge is 0.251 e. The standard InChI is InChI=1S/C16H13Br2NO2/c17-13-3-1-2-11(7-13)16(20)19-9-12-8-14(18)6-10-4-5-21-15(10)12/h1-3,6-8H,4-5,9H2,(H,19,20). The highest BCUT2D eigenvalue weighted by Gasteiger charge is 2.18. The van der Waals surface area contributed by atoms with Crippen molar-refractivity contribution in [3.8, 4) is 5.75 Å².